The lowest BCUT2D eigenvalue weighted by Crippen LogP contribution is -2.50. The Morgan fingerprint density at radius 2 is 1.15 bits per heavy atom. The molecule has 0 rings (SSSR count). The topological polar surface area (TPSA) is 0 Å². The molecule has 0 fully saturated rings. The van der Waals surface area contributed by atoms with E-state index in [1.165, 1.54) is 0 Å². The summed E-state index contributed by atoms with van der Waals surface area (Å²) in [4.78, 5) is 0. The third-order valence-corrected chi connectivity index (χ3v) is 1.39. The Balaban J connectivity index is 4.86. The van der Waals surface area contributed by atoms with Crippen molar-refractivity contribution < 1.29 is 35.1 Å². The van der Waals surface area contributed by atoms with Crippen molar-refractivity contribution in [2.24, 2.45) is 0 Å². The van der Waals surface area contributed by atoms with Crippen molar-refractivity contribution in [1.82, 2.24) is 0 Å². The maximum absolute atomic E-state index is 12.0. The molecular formula is C4HClF8. The summed E-state index contributed by atoms with van der Waals surface area (Å²) in [6.45, 7) is 0. The van der Waals surface area contributed by atoms with Crippen LogP contribution in [0.2, 0.25) is 0 Å². The minimum atomic E-state index is -6.12. The highest BCUT2D eigenvalue weighted by Gasteiger charge is 2.68. The van der Waals surface area contributed by atoms with Crippen molar-refractivity contribution in [3.05, 3.63) is 0 Å². The molecule has 0 radical (unpaired) electrons. The molecule has 2 atom stereocenters. The molecule has 0 N–H and O–H groups in total. The van der Waals surface area contributed by atoms with E-state index < -0.39 is 23.7 Å². The van der Waals surface area contributed by atoms with E-state index in [1.54, 1.807) is 0 Å². The molecule has 0 saturated heterocycles. The van der Waals surface area contributed by atoms with Crippen LogP contribution in [-0.2, 0) is 0 Å². The van der Waals surface area contributed by atoms with Crippen molar-refractivity contribution in [2.75, 3.05) is 0 Å². The molecule has 0 amide bonds. The summed E-state index contributed by atoms with van der Waals surface area (Å²) in [6.07, 6.45) is -16.9. The SMILES string of the molecule is FC(C(F)(F)F)C(F)(Cl)C(F)(F)F. The molecule has 13 heavy (non-hydrogen) atoms. The van der Waals surface area contributed by atoms with Crippen LogP contribution in [0.5, 0.6) is 0 Å². The second-order valence-corrected chi connectivity index (χ2v) is 2.57. The molecule has 0 aromatic carbocycles. The van der Waals surface area contributed by atoms with Gasteiger partial charge in [-0.1, -0.05) is 11.6 Å². The fourth-order valence-electron chi connectivity index (χ4n) is 0.349. The first kappa shape index (κ1) is 12.7. The zero-order valence-electron chi connectivity index (χ0n) is 5.48. The van der Waals surface area contributed by atoms with Crippen LogP contribution in [0.25, 0.3) is 0 Å². The van der Waals surface area contributed by atoms with Crippen LogP contribution in [0, 0.1) is 0 Å². The molecular weight excluding hydrogens is 235 g/mol. The first-order valence-electron chi connectivity index (χ1n) is 2.56. The quantitative estimate of drug-likeness (QED) is 0.484. The van der Waals surface area contributed by atoms with Gasteiger partial charge in [-0.05, 0) is 0 Å². The third kappa shape index (κ3) is 2.58. The number of halogens is 9. The van der Waals surface area contributed by atoms with E-state index in [-0.39, 0.29) is 0 Å². The Hall–Kier alpha value is -0.270. The highest BCUT2D eigenvalue weighted by Crippen LogP contribution is 2.46. The molecule has 9 heteroatoms. The van der Waals surface area contributed by atoms with Gasteiger partial charge in [0.1, 0.15) is 0 Å². The van der Waals surface area contributed by atoms with Gasteiger partial charge in [-0.3, -0.25) is 0 Å². The highest BCUT2D eigenvalue weighted by molar-refractivity contribution is 6.23. The van der Waals surface area contributed by atoms with Crippen LogP contribution in [0.1, 0.15) is 0 Å². The monoisotopic (exact) mass is 236 g/mol. The Kier molecular flexibility index (Phi) is 3.08. The van der Waals surface area contributed by atoms with Gasteiger partial charge >= 0.3 is 17.5 Å². The first-order valence-corrected chi connectivity index (χ1v) is 2.94. The fraction of sp³-hybridized carbons (Fsp3) is 1.00. The molecule has 0 spiro atoms. The molecule has 0 aliphatic heterocycles. The van der Waals surface area contributed by atoms with E-state index in [1.807, 2.05) is 0 Å². The van der Waals surface area contributed by atoms with E-state index in [0.29, 0.717) is 0 Å². The van der Waals surface area contributed by atoms with Gasteiger partial charge in [0, 0.05) is 0 Å². The average molecular weight is 236 g/mol. The lowest BCUT2D eigenvalue weighted by molar-refractivity contribution is -0.273. The maximum atomic E-state index is 12.0. The summed E-state index contributed by atoms with van der Waals surface area (Å²) in [5, 5.41) is -5.44. The molecule has 2 unspecified atom stereocenters. The molecule has 0 nitrogen and oxygen atoms in total. The minimum Gasteiger partial charge on any atom is -0.232 e. The molecule has 80 valence electrons. The van der Waals surface area contributed by atoms with Gasteiger partial charge in [-0.15, -0.1) is 0 Å². The number of rotatable bonds is 1. The smallest absolute Gasteiger partial charge is 0.232 e. The minimum absolute atomic E-state index is 3.76. The van der Waals surface area contributed by atoms with Gasteiger partial charge in [-0.2, -0.15) is 26.3 Å². The number of hydrogen-bond acceptors (Lipinski definition) is 0. The summed E-state index contributed by atoms with van der Waals surface area (Å²) >= 11 is 3.76. The Morgan fingerprint density at radius 3 is 1.23 bits per heavy atom. The first-order chi connectivity index (χ1) is 5.40. The summed E-state index contributed by atoms with van der Waals surface area (Å²) in [5.74, 6) is 0. The predicted octanol–water partition coefficient (Wildman–Crippen LogP) is 3.35. The van der Waals surface area contributed by atoms with Crippen molar-refractivity contribution in [2.45, 2.75) is 23.7 Å². The fourth-order valence-corrected chi connectivity index (χ4v) is 0.473. The van der Waals surface area contributed by atoms with Gasteiger partial charge in [0.25, 0.3) is 6.17 Å². The van der Waals surface area contributed by atoms with E-state index in [4.69, 9.17) is 0 Å². The number of hydrogen-bond donors (Lipinski definition) is 0. The largest absolute Gasteiger partial charge is 0.440 e. The van der Waals surface area contributed by atoms with Gasteiger partial charge < -0.3 is 0 Å². The second-order valence-electron chi connectivity index (χ2n) is 2.02. The molecule has 0 aliphatic carbocycles. The van der Waals surface area contributed by atoms with Crippen molar-refractivity contribution in [3.8, 4) is 0 Å². The van der Waals surface area contributed by atoms with Gasteiger partial charge in [0.2, 0.25) is 0 Å². The zero-order chi connectivity index (χ0) is 11.1. The lowest BCUT2D eigenvalue weighted by atomic mass is 10.2. The highest BCUT2D eigenvalue weighted by atomic mass is 35.5. The van der Waals surface area contributed by atoms with E-state index in [9.17, 15) is 35.1 Å². The lowest BCUT2D eigenvalue weighted by Gasteiger charge is -2.25. The van der Waals surface area contributed by atoms with Crippen LogP contribution >= 0.6 is 11.6 Å². The van der Waals surface area contributed by atoms with E-state index >= 15 is 0 Å². The average Bonchev–Trinajstić information content (AvgIpc) is 1.81. The van der Waals surface area contributed by atoms with Crippen LogP contribution in [-0.4, -0.2) is 23.7 Å². The molecule has 0 bridgehead atoms. The molecule has 0 aromatic heterocycles. The number of alkyl halides is 9. The molecule has 0 saturated carbocycles. The summed E-state index contributed by atoms with van der Waals surface area (Å²) in [7, 11) is 0. The summed E-state index contributed by atoms with van der Waals surface area (Å²) in [5.41, 5.74) is 0. The molecule has 0 heterocycles. The Labute approximate surface area is 71.5 Å². The van der Waals surface area contributed by atoms with Crippen LogP contribution in [0.4, 0.5) is 35.1 Å². The second kappa shape index (κ2) is 3.14. The van der Waals surface area contributed by atoms with E-state index in [0.717, 1.165) is 0 Å². The predicted molar refractivity (Wildman–Crippen MR) is 26.7 cm³/mol. The Bertz CT molecular complexity index is 178. The molecule has 0 aliphatic rings. The van der Waals surface area contributed by atoms with Crippen molar-refractivity contribution >= 4 is 11.6 Å². The van der Waals surface area contributed by atoms with Crippen LogP contribution in [0.15, 0.2) is 0 Å². The van der Waals surface area contributed by atoms with Crippen molar-refractivity contribution in [1.29, 1.82) is 0 Å². The third-order valence-electron chi connectivity index (χ3n) is 0.984. The molecule has 0 aromatic rings. The van der Waals surface area contributed by atoms with Crippen LogP contribution < -0.4 is 0 Å². The standard InChI is InChI=1S/C4HClF8/c5-2(7,4(11,12)13)1(6)3(8,9)10/h1H. The summed E-state index contributed by atoms with van der Waals surface area (Å²) < 4.78 is 91.8. The van der Waals surface area contributed by atoms with E-state index in [2.05, 4.69) is 11.6 Å². The summed E-state index contributed by atoms with van der Waals surface area (Å²) in [6, 6.07) is 0. The normalized spacial score (nSPS) is 21.0. The maximum Gasteiger partial charge on any atom is 0.440 e. The van der Waals surface area contributed by atoms with Gasteiger partial charge in [0.15, 0.2) is 0 Å². The van der Waals surface area contributed by atoms with Crippen molar-refractivity contribution in [3.63, 3.8) is 0 Å². The van der Waals surface area contributed by atoms with Gasteiger partial charge in [-0.25, -0.2) is 8.78 Å². The van der Waals surface area contributed by atoms with Crippen LogP contribution in [0.3, 0.4) is 0 Å². The Morgan fingerprint density at radius 1 is 0.846 bits per heavy atom. The zero-order valence-corrected chi connectivity index (χ0v) is 6.23. The van der Waals surface area contributed by atoms with Gasteiger partial charge in [0.05, 0.1) is 0 Å².